The highest BCUT2D eigenvalue weighted by Crippen LogP contribution is 2.27. The predicted molar refractivity (Wildman–Crippen MR) is 105 cm³/mol. The molecule has 1 aromatic heterocycles. The summed E-state index contributed by atoms with van der Waals surface area (Å²) in [5.41, 5.74) is -0.444. The van der Waals surface area contributed by atoms with Gasteiger partial charge in [-0.15, -0.1) is 0 Å². The van der Waals surface area contributed by atoms with Crippen molar-refractivity contribution in [1.29, 1.82) is 0 Å². The normalized spacial score (nSPS) is 13.0. The van der Waals surface area contributed by atoms with Crippen molar-refractivity contribution in [3.63, 3.8) is 0 Å². The average Bonchev–Trinajstić information content (AvgIpc) is 3.13. The number of para-hydroxylation sites is 3. The fraction of sp³-hybridized carbons (Fsp3) is 0.238. The van der Waals surface area contributed by atoms with Crippen LogP contribution in [0.5, 0.6) is 5.75 Å². The molecule has 146 valence electrons. The van der Waals surface area contributed by atoms with Crippen LogP contribution in [0.15, 0.2) is 59.0 Å². The molecule has 0 saturated carbocycles. The van der Waals surface area contributed by atoms with Gasteiger partial charge in [0.15, 0.2) is 0 Å². The smallest absolute Gasteiger partial charge is 0.313 e. The minimum absolute atomic E-state index is 0.188. The van der Waals surface area contributed by atoms with E-state index in [1.165, 1.54) is 6.92 Å². The molecule has 0 aliphatic rings. The van der Waals surface area contributed by atoms with Crippen molar-refractivity contribution < 1.29 is 23.8 Å². The molecule has 0 aliphatic carbocycles. The van der Waals surface area contributed by atoms with Crippen LogP contribution in [0.3, 0.4) is 0 Å². The average molecular weight is 382 g/mol. The second kappa shape index (κ2) is 8.14. The van der Waals surface area contributed by atoms with Gasteiger partial charge in [-0.3, -0.25) is 9.59 Å². The van der Waals surface area contributed by atoms with E-state index in [0.717, 1.165) is 5.39 Å². The number of ether oxygens (including phenoxy) is 1. The number of anilines is 1. The first-order valence-electron chi connectivity index (χ1n) is 8.93. The number of hydrogen-bond acceptors (Lipinski definition) is 5. The summed E-state index contributed by atoms with van der Waals surface area (Å²) in [6.45, 7) is 3.57. The van der Waals surface area contributed by atoms with Crippen LogP contribution in [0.2, 0.25) is 0 Å². The van der Waals surface area contributed by atoms with Crippen LogP contribution >= 0.6 is 0 Å². The van der Waals surface area contributed by atoms with Gasteiger partial charge in [0.1, 0.15) is 22.7 Å². The van der Waals surface area contributed by atoms with Crippen LogP contribution in [0.1, 0.15) is 19.6 Å². The lowest BCUT2D eigenvalue weighted by Crippen LogP contribution is -2.43. The van der Waals surface area contributed by atoms with E-state index < -0.39 is 17.4 Å². The predicted octanol–water partition coefficient (Wildman–Crippen LogP) is 2.79. The first kappa shape index (κ1) is 19.4. The van der Waals surface area contributed by atoms with Gasteiger partial charge in [-0.2, -0.15) is 0 Å². The third-order valence-corrected chi connectivity index (χ3v) is 4.19. The van der Waals surface area contributed by atoms with Crippen molar-refractivity contribution in [2.45, 2.75) is 19.4 Å². The van der Waals surface area contributed by atoms with E-state index in [1.807, 2.05) is 25.1 Å². The van der Waals surface area contributed by atoms with Crippen molar-refractivity contribution in [3.8, 4) is 5.75 Å². The first-order valence-corrected chi connectivity index (χ1v) is 8.93. The second-order valence-corrected chi connectivity index (χ2v) is 6.49. The molecule has 7 heteroatoms. The van der Waals surface area contributed by atoms with Crippen LogP contribution < -0.4 is 15.4 Å². The molecule has 0 radical (unpaired) electrons. The number of amides is 2. The van der Waals surface area contributed by atoms with Crippen LogP contribution in [0, 0.1) is 0 Å². The van der Waals surface area contributed by atoms with E-state index >= 15 is 0 Å². The Morgan fingerprint density at radius 1 is 1.11 bits per heavy atom. The molecule has 1 unspecified atom stereocenters. The Morgan fingerprint density at radius 3 is 2.57 bits per heavy atom. The number of furan rings is 1. The van der Waals surface area contributed by atoms with Gasteiger partial charge in [0.05, 0.1) is 18.8 Å². The number of carbonyl (C=O) groups is 2. The molecule has 1 heterocycles. The molecule has 7 nitrogen and oxygen atoms in total. The van der Waals surface area contributed by atoms with Crippen molar-refractivity contribution in [2.75, 3.05) is 18.5 Å². The molecular weight excluding hydrogens is 360 g/mol. The van der Waals surface area contributed by atoms with Gasteiger partial charge in [-0.1, -0.05) is 30.3 Å². The molecule has 3 N–H and O–H groups in total. The Hall–Kier alpha value is -3.32. The van der Waals surface area contributed by atoms with Crippen molar-refractivity contribution >= 4 is 28.5 Å². The molecule has 0 saturated heterocycles. The van der Waals surface area contributed by atoms with E-state index in [1.54, 1.807) is 36.4 Å². The number of fused-ring (bicyclic) bond motifs is 1. The molecule has 0 spiro atoms. The van der Waals surface area contributed by atoms with Crippen LogP contribution in [0.4, 0.5) is 5.69 Å². The fourth-order valence-electron chi connectivity index (χ4n) is 2.70. The molecule has 0 fully saturated rings. The molecule has 3 aromatic rings. The SMILES string of the molecule is CCOc1ccccc1NC(=O)C(=O)NCC(C)(O)c1cc2ccccc2o1. The quantitative estimate of drug-likeness (QED) is 0.569. The van der Waals surface area contributed by atoms with E-state index in [0.29, 0.717) is 29.4 Å². The number of benzene rings is 2. The van der Waals surface area contributed by atoms with Gasteiger partial charge in [0.2, 0.25) is 0 Å². The van der Waals surface area contributed by atoms with Crippen molar-refractivity contribution in [2.24, 2.45) is 0 Å². The Morgan fingerprint density at radius 2 is 1.82 bits per heavy atom. The Bertz CT molecular complexity index is 960. The highest BCUT2D eigenvalue weighted by molar-refractivity contribution is 6.39. The maximum atomic E-state index is 12.2. The number of nitrogens with one attached hydrogen (secondary N) is 2. The highest BCUT2D eigenvalue weighted by Gasteiger charge is 2.29. The number of aliphatic hydroxyl groups is 1. The van der Waals surface area contributed by atoms with Crippen molar-refractivity contribution in [1.82, 2.24) is 5.32 Å². The third kappa shape index (κ3) is 4.32. The molecule has 1 atom stereocenters. The van der Waals surface area contributed by atoms with E-state index in [9.17, 15) is 14.7 Å². The lowest BCUT2D eigenvalue weighted by Gasteiger charge is -2.21. The molecule has 0 aliphatic heterocycles. The summed E-state index contributed by atoms with van der Waals surface area (Å²) in [5.74, 6) is -0.952. The number of carbonyl (C=O) groups excluding carboxylic acids is 2. The van der Waals surface area contributed by atoms with E-state index in [4.69, 9.17) is 9.15 Å². The summed E-state index contributed by atoms with van der Waals surface area (Å²) in [7, 11) is 0. The summed E-state index contributed by atoms with van der Waals surface area (Å²) in [6, 6.07) is 15.9. The Labute approximate surface area is 162 Å². The summed E-state index contributed by atoms with van der Waals surface area (Å²) >= 11 is 0. The van der Waals surface area contributed by atoms with Crippen LogP contribution in [-0.4, -0.2) is 30.1 Å². The lowest BCUT2D eigenvalue weighted by molar-refractivity contribution is -0.136. The van der Waals surface area contributed by atoms with Crippen LogP contribution in [-0.2, 0) is 15.2 Å². The molecular formula is C21H22N2O5. The summed E-state index contributed by atoms with van der Waals surface area (Å²) in [5, 5.41) is 16.5. The lowest BCUT2D eigenvalue weighted by atomic mass is 10.0. The number of hydrogen-bond donors (Lipinski definition) is 3. The van der Waals surface area contributed by atoms with E-state index in [-0.39, 0.29) is 6.54 Å². The molecule has 2 aromatic carbocycles. The Kier molecular flexibility index (Phi) is 5.65. The topological polar surface area (TPSA) is 101 Å². The summed E-state index contributed by atoms with van der Waals surface area (Å²) in [6.07, 6.45) is 0. The van der Waals surface area contributed by atoms with Crippen LogP contribution in [0.25, 0.3) is 11.0 Å². The number of rotatable bonds is 6. The minimum Gasteiger partial charge on any atom is -0.492 e. The van der Waals surface area contributed by atoms with Gasteiger partial charge >= 0.3 is 11.8 Å². The van der Waals surface area contributed by atoms with E-state index in [2.05, 4.69) is 10.6 Å². The molecule has 0 bridgehead atoms. The summed E-state index contributed by atoms with van der Waals surface area (Å²) in [4.78, 5) is 24.3. The molecule has 3 rings (SSSR count). The van der Waals surface area contributed by atoms with Gasteiger partial charge in [0.25, 0.3) is 0 Å². The fourth-order valence-corrected chi connectivity index (χ4v) is 2.70. The highest BCUT2D eigenvalue weighted by atomic mass is 16.5. The van der Waals surface area contributed by atoms with Gasteiger partial charge in [-0.25, -0.2) is 0 Å². The molecule has 28 heavy (non-hydrogen) atoms. The van der Waals surface area contributed by atoms with Gasteiger partial charge in [0, 0.05) is 5.39 Å². The largest absolute Gasteiger partial charge is 0.492 e. The minimum atomic E-state index is -1.47. The van der Waals surface area contributed by atoms with Crippen molar-refractivity contribution in [3.05, 3.63) is 60.4 Å². The standard InChI is InChI=1S/C21H22N2O5/c1-3-27-17-11-7-5-9-15(17)23-20(25)19(24)22-13-21(2,26)18-12-14-8-4-6-10-16(14)28-18/h4-12,26H,3,13H2,1-2H3,(H,22,24)(H,23,25). The first-order chi connectivity index (χ1) is 13.4. The summed E-state index contributed by atoms with van der Waals surface area (Å²) < 4.78 is 11.1. The van der Waals surface area contributed by atoms with Gasteiger partial charge < -0.3 is 24.9 Å². The Balaban J connectivity index is 1.63. The zero-order valence-electron chi connectivity index (χ0n) is 15.7. The molecule has 2 amide bonds. The van der Waals surface area contributed by atoms with Gasteiger partial charge in [-0.05, 0) is 38.1 Å². The maximum Gasteiger partial charge on any atom is 0.313 e. The third-order valence-electron chi connectivity index (χ3n) is 4.19. The zero-order chi connectivity index (χ0) is 20.1. The monoisotopic (exact) mass is 382 g/mol. The maximum absolute atomic E-state index is 12.2. The second-order valence-electron chi connectivity index (χ2n) is 6.49. The zero-order valence-corrected chi connectivity index (χ0v) is 15.7.